The number of nitrogens with one attached hydrogen (secondary N) is 1. The minimum atomic E-state index is -0.446. The van der Waals surface area contributed by atoms with Gasteiger partial charge in [0.1, 0.15) is 5.82 Å². The summed E-state index contributed by atoms with van der Waals surface area (Å²) >= 11 is 0. The number of rotatable bonds is 4. The molecule has 2 heterocycles. The maximum Gasteiger partial charge on any atom is 1.00 e. The van der Waals surface area contributed by atoms with Gasteiger partial charge in [0, 0.05) is 65.1 Å². The van der Waals surface area contributed by atoms with Gasteiger partial charge >= 0.3 is 57.1 Å². The van der Waals surface area contributed by atoms with Gasteiger partial charge in [0.25, 0.3) is 0 Å². The van der Waals surface area contributed by atoms with Crippen molar-refractivity contribution in [2.24, 2.45) is 0 Å². The molecule has 1 saturated heterocycles. The molecule has 1 radical (unpaired) electrons. The summed E-state index contributed by atoms with van der Waals surface area (Å²) in [5, 5.41) is 2.32. The molecule has 1 fully saturated rings. The molecule has 0 aliphatic carbocycles. The maximum atomic E-state index is 11.6. The van der Waals surface area contributed by atoms with Crippen LogP contribution in [0.5, 0.6) is 0 Å². The molecule has 29 heavy (non-hydrogen) atoms. The molecular weight excluding hydrogens is 476 g/mol. The fourth-order valence-corrected chi connectivity index (χ4v) is 2.21. The van der Waals surface area contributed by atoms with E-state index in [0.29, 0.717) is 12.1 Å². The molecule has 11 heteroatoms. The van der Waals surface area contributed by atoms with Gasteiger partial charge in [0.05, 0.1) is 0 Å². The van der Waals surface area contributed by atoms with Crippen LogP contribution in [0.2, 0.25) is 0 Å². The summed E-state index contributed by atoms with van der Waals surface area (Å²) < 4.78 is 1.38. The van der Waals surface area contributed by atoms with Crippen molar-refractivity contribution in [1.29, 1.82) is 0 Å². The van der Waals surface area contributed by atoms with Crippen LogP contribution in [0, 0.1) is 13.5 Å². The van der Waals surface area contributed by atoms with Crippen molar-refractivity contribution < 1.29 is 93.7 Å². The van der Waals surface area contributed by atoms with E-state index < -0.39 is 5.69 Å². The molecule has 1 aliphatic rings. The number of carbonyl (C=O) groups is 2. The minimum absolute atomic E-state index is 0. The Morgan fingerprint density at radius 1 is 1.10 bits per heavy atom. The summed E-state index contributed by atoms with van der Waals surface area (Å²) in [7, 11) is 2.07. The summed E-state index contributed by atoms with van der Waals surface area (Å²) in [6, 6.07) is 11.3. The van der Waals surface area contributed by atoms with E-state index in [2.05, 4.69) is 28.3 Å². The Balaban J connectivity index is -0.000000457. The average Bonchev–Trinajstić information content (AvgIpc) is 2.64. The Bertz CT molecular complexity index is 755. The second-order valence-corrected chi connectivity index (χ2v) is 5.43. The van der Waals surface area contributed by atoms with Crippen LogP contribution in [0.4, 0.5) is 5.82 Å². The van der Waals surface area contributed by atoms with Gasteiger partial charge in [-0.05, 0) is 13.1 Å². The van der Waals surface area contributed by atoms with Crippen molar-refractivity contribution in [3.63, 3.8) is 0 Å². The Labute approximate surface area is 239 Å². The van der Waals surface area contributed by atoms with Crippen LogP contribution in [0.15, 0.2) is 41.3 Å². The first-order chi connectivity index (χ1) is 12.1. The molecular formula is C18H25KN6O3Y-2. The number of nitrogens with two attached hydrogens (primary N) is 1. The summed E-state index contributed by atoms with van der Waals surface area (Å²) in [5.41, 5.74) is 0.256. The molecule has 1 aromatic heterocycles. The molecule has 3 N–H and O–H groups in total. The normalized spacial score (nSPS) is 12.2. The first-order valence-corrected chi connectivity index (χ1v) is 7.78. The van der Waals surface area contributed by atoms with Gasteiger partial charge in [-0.15, -0.1) is 12.1 Å². The molecule has 2 amide bonds. The first-order valence-electron chi connectivity index (χ1n) is 7.78. The summed E-state index contributed by atoms with van der Waals surface area (Å²) in [5.74, 6) is 0.235. The van der Waals surface area contributed by atoms with Crippen LogP contribution >= 0.6 is 0 Å². The van der Waals surface area contributed by atoms with E-state index in [0.717, 1.165) is 32.6 Å². The van der Waals surface area contributed by atoms with Gasteiger partial charge in [0.2, 0.25) is 12.8 Å². The first kappa shape index (κ1) is 33.3. The standard InChI is InChI=1S/C11H8N3O2.C6H12N2O.CH3.K.H2N.Y/c15-8-12-10-6-7-14(11(16)13-10)9-4-2-1-3-5-9;1-7-2-4-8(6-9)5-3-7;;;;/h2-8H,(H,12,13,15,16);6H,2-5H2,1H3;1H3;;1H2;/q-1;;-1;+1;-1;. The molecule has 2 aromatic rings. The molecule has 3 rings (SSSR count). The Kier molecular flexibility index (Phi) is 21.2. The van der Waals surface area contributed by atoms with E-state index in [4.69, 9.17) is 0 Å². The summed E-state index contributed by atoms with van der Waals surface area (Å²) in [6.07, 6.45) is 2.95. The Morgan fingerprint density at radius 2 is 1.69 bits per heavy atom. The van der Waals surface area contributed by atoms with Crippen LogP contribution in [0.25, 0.3) is 11.8 Å². The number of hydrogen-bond donors (Lipinski definition) is 1. The van der Waals surface area contributed by atoms with Crippen LogP contribution in [-0.4, -0.2) is 65.4 Å². The monoisotopic (exact) mass is 501 g/mol. The molecule has 1 aromatic carbocycles. The Morgan fingerprint density at radius 3 is 2.17 bits per heavy atom. The second kappa shape index (κ2) is 18.5. The van der Waals surface area contributed by atoms with Crippen LogP contribution in [0.3, 0.4) is 0 Å². The predicted molar refractivity (Wildman–Crippen MR) is 105 cm³/mol. The summed E-state index contributed by atoms with van der Waals surface area (Å²) in [4.78, 5) is 39.7. The van der Waals surface area contributed by atoms with Crippen molar-refractivity contribution in [2.45, 2.75) is 0 Å². The number of hydrogen-bond acceptors (Lipinski definition) is 5. The molecule has 0 atom stereocenters. The molecule has 151 valence electrons. The smallest absolute Gasteiger partial charge is 0.693 e. The molecule has 9 nitrogen and oxygen atoms in total. The third-order valence-corrected chi connectivity index (χ3v) is 3.68. The fourth-order valence-electron chi connectivity index (χ4n) is 2.21. The number of anilines is 1. The second-order valence-electron chi connectivity index (χ2n) is 5.43. The van der Waals surface area contributed by atoms with E-state index in [1.807, 2.05) is 0 Å². The molecule has 0 bridgehead atoms. The number of carbonyl (C=O) groups excluding carboxylic acids is 2. The van der Waals surface area contributed by atoms with Gasteiger partial charge in [-0.25, -0.2) is 4.79 Å². The zero-order valence-electron chi connectivity index (χ0n) is 17.1. The Hall–Kier alpha value is -0.300. The number of likely N-dealkylation sites (N-methyl/N-ethyl adjacent to an activating group) is 1. The van der Waals surface area contributed by atoms with Gasteiger partial charge in [0.15, 0.2) is 0 Å². The maximum absolute atomic E-state index is 11.6. The van der Waals surface area contributed by atoms with E-state index in [-0.39, 0.29) is 103 Å². The van der Waals surface area contributed by atoms with E-state index in [1.54, 1.807) is 41.4 Å². The quantitative estimate of drug-likeness (QED) is 0.300. The zero-order valence-corrected chi connectivity index (χ0v) is 23.1. The molecule has 0 saturated carbocycles. The van der Waals surface area contributed by atoms with Crippen LogP contribution in [-0.2, 0) is 42.3 Å². The number of benzene rings is 1. The van der Waals surface area contributed by atoms with Gasteiger partial charge < -0.3 is 28.7 Å². The van der Waals surface area contributed by atoms with E-state index in [9.17, 15) is 14.4 Å². The average molecular weight is 501 g/mol. The van der Waals surface area contributed by atoms with Gasteiger partial charge in [-0.3, -0.25) is 14.2 Å². The number of nitrogens with zero attached hydrogens (tertiary/aromatic N) is 4. The van der Waals surface area contributed by atoms with Crippen molar-refractivity contribution in [3.8, 4) is 5.69 Å². The van der Waals surface area contributed by atoms with Crippen molar-refractivity contribution >= 4 is 18.6 Å². The largest absolute Gasteiger partial charge is 1.00 e. The molecule has 0 unspecified atom stereocenters. The van der Waals surface area contributed by atoms with E-state index in [1.165, 1.54) is 4.57 Å². The van der Waals surface area contributed by atoms with E-state index >= 15 is 0 Å². The number of aromatic nitrogens is 2. The van der Waals surface area contributed by atoms with Crippen molar-refractivity contribution in [1.82, 2.24) is 19.4 Å². The van der Waals surface area contributed by atoms with Crippen molar-refractivity contribution in [2.75, 3.05) is 38.5 Å². The predicted octanol–water partition coefficient (Wildman–Crippen LogP) is -1.84. The summed E-state index contributed by atoms with van der Waals surface area (Å²) in [6.45, 7) is 3.80. The van der Waals surface area contributed by atoms with Crippen LogP contribution < -0.4 is 62.4 Å². The van der Waals surface area contributed by atoms with Crippen molar-refractivity contribution in [3.05, 3.63) is 66.7 Å². The van der Waals surface area contributed by atoms with Gasteiger partial charge in [-0.2, -0.15) is 23.2 Å². The third kappa shape index (κ3) is 11.6. The number of piperazine rings is 1. The van der Waals surface area contributed by atoms with Crippen LogP contribution in [0.1, 0.15) is 0 Å². The fraction of sp³-hybridized carbons (Fsp3) is 0.278. The third-order valence-electron chi connectivity index (χ3n) is 3.68. The topological polar surface area (TPSA) is 121 Å². The SMILES string of the molecule is CN1CCN(C=O)CC1.O=CNc1ccn(-c2cc[c-]cc2)c(=O)n1.[CH3-].[K+].[NH2-].[Y]. The molecule has 1 aliphatic heterocycles. The minimum Gasteiger partial charge on any atom is -0.693 e. The van der Waals surface area contributed by atoms with Gasteiger partial charge in [-0.1, -0.05) is 5.69 Å². The zero-order chi connectivity index (χ0) is 18.1. The molecule has 0 spiro atoms. The number of amides is 2.